The minimum atomic E-state index is -0.553. The van der Waals surface area contributed by atoms with Gasteiger partial charge in [-0.1, -0.05) is 19.9 Å². The van der Waals surface area contributed by atoms with Gasteiger partial charge in [-0.05, 0) is 32.8 Å². The number of ether oxygens (including phenoxy) is 1. The molecular formula is C18H28ClFN2O2. The average molecular weight is 359 g/mol. The van der Waals surface area contributed by atoms with Crippen LogP contribution in [0.25, 0.3) is 0 Å². The Morgan fingerprint density at radius 1 is 1.42 bits per heavy atom. The number of rotatable bonds is 5. The summed E-state index contributed by atoms with van der Waals surface area (Å²) in [5.74, 6) is 0.116. The molecule has 24 heavy (non-hydrogen) atoms. The summed E-state index contributed by atoms with van der Waals surface area (Å²) in [4.78, 5) is 12.8. The molecule has 4 nitrogen and oxygen atoms in total. The van der Waals surface area contributed by atoms with E-state index in [2.05, 4.69) is 5.32 Å². The van der Waals surface area contributed by atoms with E-state index in [0.29, 0.717) is 31.6 Å². The zero-order valence-electron chi connectivity index (χ0n) is 14.8. The zero-order valence-corrected chi connectivity index (χ0v) is 15.6. The number of nitrogens with two attached hydrogens (primary N) is 1. The molecule has 0 saturated carbocycles. The van der Waals surface area contributed by atoms with E-state index in [-0.39, 0.29) is 30.2 Å². The zero-order chi connectivity index (χ0) is 17.3. The fraction of sp³-hybridized carbons (Fsp3) is 0.611. The van der Waals surface area contributed by atoms with Gasteiger partial charge in [0.1, 0.15) is 17.2 Å². The summed E-state index contributed by atoms with van der Waals surface area (Å²) in [6, 6.07) is 4.26. The number of nitrogens with one attached hydrogen (secondary N) is 1. The standard InChI is InChI=1S/C18H27FN2O2.ClH/c1-5-18(6-2,11-20)16(22)21-14-10-17(3,4)23-15-9-12(19)7-8-13(14)15;/h7-9,14H,5-6,10-11,20H2,1-4H3,(H,21,22);1H. The normalized spacial score (nSPS) is 18.8. The number of halogens is 2. The van der Waals surface area contributed by atoms with Crippen LogP contribution in [0.3, 0.4) is 0 Å². The van der Waals surface area contributed by atoms with Gasteiger partial charge in [0.05, 0.1) is 11.5 Å². The molecule has 0 aliphatic carbocycles. The SMILES string of the molecule is CCC(CC)(CN)C(=O)NC1CC(C)(C)Oc2cc(F)ccc21.Cl. The van der Waals surface area contributed by atoms with Crippen molar-refractivity contribution in [1.29, 1.82) is 0 Å². The van der Waals surface area contributed by atoms with E-state index in [1.165, 1.54) is 12.1 Å². The van der Waals surface area contributed by atoms with Gasteiger partial charge in [0.15, 0.2) is 0 Å². The van der Waals surface area contributed by atoms with Gasteiger partial charge in [-0.25, -0.2) is 4.39 Å². The van der Waals surface area contributed by atoms with E-state index in [9.17, 15) is 9.18 Å². The van der Waals surface area contributed by atoms with E-state index >= 15 is 0 Å². The maximum absolute atomic E-state index is 13.5. The molecule has 1 unspecified atom stereocenters. The van der Waals surface area contributed by atoms with Crippen molar-refractivity contribution in [1.82, 2.24) is 5.32 Å². The van der Waals surface area contributed by atoms with Crippen molar-refractivity contribution in [2.75, 3.05) is 6.54 Å². The first kappa shape index (κ1) is 20.7. The molecule has 0 bridgehead atoms. The van der Waals surface area contributed by atoms with Crippen LogP contribution in [0.1, 0.15) is 58.6 Å². The van der Waals surface area contributed by atoms with Gasteiger partial charge in [-0.2, -0.15) is 0 Å². The van der Waals surface area contributed by atoms with Gasteiger partial charge in [0.25, 0.3) is 0 Å². The Balaban J connectivity index is 0.00000288. The summed E-state index contributed by atoms with van der Waals surface area (Å²) in [7, 11) is 0. The van der Waals surface area contributed by atoms with Crippen LogP contribution in [0.5, 0.6) is 5.75 Å². The molecule has 136 valence electrons. The maximum Gasteiger partial charge on any atom is 0.227 e. The summed E-state index contributed by atoms with van der Waals surface area (Å²) >= 11 is 0. The fourth-order valence-corrected chi connectivity index (χ4v) is 3.22. The fourth-order valence-electron chi connectivity index (χ4n) is 3.22. The van der Waals surface area contributed by atoms with Crippen LogP contribution in [0.15, 0.2) is 18.2 Å². The van der Waals surface area contributed by atoms with Gasteiger partial charge in [-0.15, -0.1) is 12.4 Å². The second-order valence-corrected chi connectivity index (χ2v) is 6.97. The molecule has 0 saturated heterocycles. The molecule has 2 rings (SSSR count). The van der Waals surface area contributed by atoms with Gasteiger partial charge in [-0.3, -0.25) is 4.79 Å². The maximum atomic E-state index is 13.5. The molecular weight excluding hydrogens is 331 g/mol. The summed E-state index contributed by atoms with van der Waals surface area (Å²) in [6.07, 6.45) is 2.01. The predicted octanol–water partition coefficient (Wildman–Crippen LogP) is 3.73. The van der Waals surface area contributed by atoms with E-state index in [4.69, 9.17) is 10.5 Å². The predicted molar refractivity (Wildman–Crippen MR) is 95.9 cm³/mol. The highest BCUT2D eigenvalue weighted by molar-refractivity contribution is 5.85. The van der Waals surface area contributed by atoms with Gasteiger partial charge >= 0.3 is 0 Å². The van der Waals surface area contributed by atoms with Crippen LogP contribution < -0.4 is 15.8 Å². The van der Waals surface area contributed by atoms with Gasteiger partial charge in [0, 0.05) is 24.6 Å². The topological polar surface area (TPSA) is 64.4 Å². The minimum absolute atomic E-state index is 0. The second-order valence-electron chi connectivity index (χ2n) is 6.97. The first-order valence-electron chi connectivity index (χ1n) is 8.26. The molecule has 1 aromatic carbocycles. The Labute approximate surface area is 149 Å². The molecule has 0 fully saturated rings. The van der Waals surface area contributed by atoms with E-state index < -0.39 is 11.0 Å². The highest BCUT2D eigenvalue weighted by Gasteiger charge is 2.39. The summed E-state index contributed by atoms with van der Waals surface area (Å²) in [5.41, 5.74) is 5.66. The van der Waals surface area contributed by atoms with Crippen LogP contribution in [0, 0.1) is 11.2 Å². The smallest absolute Gasteiger partial charge is 0.227 e. The molecule has 1 aliphatic rings. The van der Waals surface area contributed by atoms with E-state index in [1.54, 1.807) is 6.07 Å². The molecule has 0 radical (unpaired) electrons. The number of fused-ring (bicyclic) bond motifs is 1. The van der Waals surface area contributed by atoms with Crippen LogP contribution in [0.4, 0.5) is 4.39 Å². The average Bonchev–Trinajstić information content (AvgIpc) is 2.48. The molecule has 0 aromatic heterocycles. The number of carbonyl (C=O) groups excluding carboxylic acids is 1. The highest BCUT2D eigenvalue weighted by Crippen LogP contribution is 2.40. The Hall–Kier alpha value is -1.33. The van der Waals surface area contributed by atoms with Crippen molar-refractivity contribution in [3.8, 4) is 5.75 Å². The Morgan fingerprint density at radius 2 is 2.04 bits per heavy atom. The number of carbonyl (C=O) groups is 1. The van der Waals surface area contributed by atoms with Crippen LogP contribution >= 0.6 is 12.4 Å². The number of amides is 1. The molecule has 3 N–H and O–H groups in total. The third-order valence-electron chi connectivity index (χ3n) is 4.96. The third-order valence-corrected chi connectivity index (χ3v) is 4.96. The minimum Gasteiger partial charge on any atom is -0.487 e. The van der Waals surface area contributed by atoms with Gasteiger partial charge < -0.3 is 15.8 Å². The molecule has 1 aromatic rings. The van der Waals surface area contributed by atoms with E-state index in [1.807, 2.05) is 27.7 Å². The van der Waals surface area contributed by atoms with Crippen LogP contribution in [-0.2, 0) is 4.79 Å². The monoisotopic (exact) mass is 358 g/mol. The third kappa shape index (κ3) is 4.01. The van der Waals surface area contributed by atoms with Crippen molar-refractivity contribution in [3.63, 3.8) is 0 Å². The number of hydrogen-bond acceptors (Lipinski definition) is 3. The van der Waals surface area contributed by atoms with Crippen molar-refractivity contribution >= 4 is 18.3 Å². The highest BCUT2D eigenvalue weighted by atomic mass is 35.5. The first-order chi connectivity index (χ1) is 10.8. The second kappa shape index (κ2) is 7.70. The Bertz CT molecular complexity index is 580. The lowest BCUT2D eigenvalue weighted by Gasteiger charge is -2.39. The number of hydrogen-bond donors (Lipinski definition) is 2. The lowest BCUT2D eigenvalue weighted by Crippen LogP contribution is -2.49. The molecule has 1 atom stereocenters. The molecule has 6 heteroatoms. The molecule has 0 spiro atoms. The lowest BCUT2D eigenvalue weighted by molar-refractivity contribution is -0.132. The molecule has 1 aliphatic heterocycles. The molecule has 1 amide bonds. The molecule has 1 heterocycles. The van der Waals surface area contributed by atoms with Crippen LogP contribution in [-0.4, -0.2) is 18.1 Å². The van der Waals surface area contributed by atoms with Crippen LogP contribution in [0.2, 0.25) is 0 Å². The Morgan fingerprint density at radius 3 is 2.58 bits per heavy atom. The summed E-state index contributed by atoms with van der Waals surface area (Å²) in [6.45, 7) is 8.15. The Kier molecular flexibility index (Phi) is 6.65. The van der Waals surface area contributed by atoms with Gasteiger partial charge in [0.2, 0.25) is 5.91 Å². The largest absolute Gasteiger partial charge is 0.487 e. The summed E-state index contributed by atoms with van der Waals surface area (Å²) < 4.78 is 19.4. The summed E-state index contributed by atoms with van der Waals surface area (Å²) in [5, 5.41) is 3.12. The van der Waals surface area contributed by atoms with Crippen molar-refractivity contribution in [2.45, 2.75) is 58.6 Å². The van der Waals surface area contributed by atoms with Crippen molar-refractivity contribution < 1.29 is 13.9 Å². The van der Waals surface area contributed by atoms with Crippen molar-refractivity contribution in [2.24, 2.45) is 11.1 Å². The van der Waals surface area contributed by atoms with E-state index in [0.717, 1.165) is 5.56 Å². The van der Waals surface area contributed by atoms with Crippen molar-refractivity contribution in [3.05, 3.63) is 29.6 Å². The lowest BCUT2D eigenvalue weighted by atomic mass is 9.80. The quantitative estimate of drug-likeness (QED) is 0.842. The first-order valence-corrected chi connectivity index (χ1v) is 8.26. The number of benzene rings is 1.